The number of carboxylic acid groups (broad SMARTS) is 1. The molecule has 2 aliphatic rings. The van der Waals surface area contributed by atoms with Crippen molar-refractivity contribution in [2.75, 3.05) is 13.2 Å². The summed E-state index contributed by atoms with van der Waals surface area (Å²) in [6.45, 7) is 1.22. The molecule has 0 bridgehead atoms. The first-order chi connectivity index (χ1) is 9.24. The maximum Gasteiger partial charge on any atom is 0.354 e. The molecule has 0 radical (unpaired) electrons. The molecule has 2 heterocycles. The van der Waals surface area contributed by atoms with Crippen molar-refractivity contribution in [1.82, 2.24) is 4.98 Å². The Morgan fingerprint density at radius 3 is 2.89 bits per heavy atom. The van der Waals surface area contributed by atoms with Gasteiger partial charge in [0.1, 0.15) is 6.61 Å². The molecule has 1 atom stereocenters. The first-order valence-electron chi connectivity index (χ1n) is 6.72. The van der Waals surface area contributed by atoms with E-state index in [1.54, 1.807) is 6.07 Å². The van der Waals surface area contributed by atoms with Gasteiger partial charge in [0.15, 0.2) is 5.69 Å². The minimum atomic E-state index is -0.982. The standard InChI is InChI=1S/C14H17NO4/c16-14(17)13-11(9-3-4-9)5-6-12(15-13)19-8-10-2-1-7-18-10/h5-6,9-10H,1-4,7-8H2,(H,16,17). The van der Waals surface area contributed by atoms with Crippen LogP contribution in [0, 0.1) is 0 Å². The highest BCUT2D eigenvalue weighted by Crippen LogP contribution is 2.41. The van der Waals surface area contributed by atoms with Gasteiger partial charge in [0, 0.05) is 12.7 Å². The van der Waals surface area contributed by atoms with E-state index >= 15 is 0 Å². The van der Waals surface area contributed by atoms with Crippen molar-refractivity contribution in [2.45, 2.75) is 37.7 Å². The Labute approximate surface area is 111 Å². The third kappa shape index (κ3) is 2.87. The maximum absolute atomic E-state index is 11.2. The lowest BCUT2D eigenvalue weighted by atomic mass is 10.1. The zero-order valence-corrected chi connectivity index (χ0v) is 10.7. The van der Waals surface area contributed by atoms with Crippen LogP contribution in [-0.2, 0) is 4.74 Å². The van der Waals surface area contributed by atoms with Gasteiger partial charge in [0.25, 0.3) is 0 Å². The smallest absolute Gasteiger partial charge is 0.354 e. The molecule has 1 aliphatic carbocycles. The van der Waals surface area contributed by atoms with Gasteiger partial charge in [0.05, 0.1) is 6.10 Å². The monoisotopic (exact) mass is 263 g/mol. The fourth-order valence-corrected chi connectivity index (χ4v) is 2.38. The van der Waals surface area contributed by atoms with Gasteiger partial charge in [-0.3, -0.25) is 0 Å². The lowest BCUT2D eigenvalue weighted by molar-refractivity contribution is 0.0648. The summed E-state index contributed by atoms with van der Waals surface area (Å²) in [5, 5.41) is 9.20. The van der Waals surface area contributed by atoms with E-state index in [4.69, 9.17) is 9.47 Å². The minimum absolute atomic E-state index is 0.109. The number of hydrogen-bond acceptors (Lipinski definition) is 4. The van der Waals surface area contributed by atoms with Crippen LogP contribution >= 0.6 is 0 Å². The van der Waals surface area contributed by atoms with Crippen molar-refractivity contribution in [3.05, 3.63) is 23.4 Å². The first-order valence-corrected chi connectivity index (χ1v) is 6.72. The Bertz CT molecular complexity index is 478. The Balaban J connectivity index is 1.70. The normalized spacial score (nSPS) is 22.4. The molecule has 3 rings (SSSR count). The second-order valence-electron chi connectivity index (χ2n) is 5.11. The minimum Gasteiger partial charge on any atom is -0.476 e. The predicted molar refractivity (Wildman–Crippen MR) is 67.6 cm³/mol. The lowest BCUT2D eigenvalue weighted by Gasteiger charge is -2.12. The van der Waals surface area contributed by atoms with Crippen molar-refractivity contribution < 1.29 is 19.4 Å². The largest absolute Gasteiger partial charge is 0.476 e. The van der Waals surface area contributed by atoms with Gasteiger partial charge < -0.3 is 14.6 Å². The fourth-order valence-electron chi connectivity index (χ4n) is 2.38. The summed E-state index contributed by atoms with van der Waals surface area (Å²) in [5.74, 6) is -0.243. The Kier molecular flexibility index (Phi) is 3.38. The van der Waals surface area contributed by atoms with E-state index in [-0.39, 0.29) is 11.8 Å². The van der Waals surface area contributed by atoms with Gasteiger partial charge >= 0.3 is 5.97 Å². The van der Waals surface area contributed by atoms with E-state index in [9.17, 15) is 9.90 Å². The number of rotatable bonds is 5. The van der Waals surface area contributed by atoms with Crippen LogP contribution in [-0.4, -0.2) is 35.4 Å². The third-order valence-corrected chi connectivity index (χ3v) is 3.56. The van der Waals surface area contributed by atoms with Crippen molar-refractivity contribution >= 4 is 5.97 Å². The zero-order chi connectivity index (χ0) is 13.2. The number of carboxylic acids is 1. The van der Waals surface area contributed by atoms with Crippen molar-refractivity contribution in [3.8, 4) is 5.88 Å². The predicted octanol–water partition coefficient (Wildman–Crippen LogP) is 2.21. The molecule has 1 N–H and O–H groups in total. The molecule has 2 fully saturated rings. The zero-order valence-electron chi connectivity index (χ0n) is 10.7. The Hall–Kier alpha value is -1.62. The topological polar surface area (TPSA) is 68.7 Å². The van der Waals surface area contributed by atoms with Crippen LogP contribution in [0.1, 0.15) is 47.7 Å². The van der Waals surface area contributed by atoms with E-state index in [0.717, 1.165) is 37.9 Å². The van der Waals surface area contributed by atoms with Gasteiger partial charge in [-0.25, -0.2) is 9.78 Å². The first kappa shape index (κ1) is 12.4. The fraction of sp³-hybridized carbons (Fsp3) is 0.571. The van der Waals surface area contributed by atoms with E-state index in [1.807, 2.05) is 6.07 Å². The highest BCUT2D eigenvalue weighted by molar-refractivity contribution is 5.87. The van der Waals surface area contributed by atoms with E-state index in [0.29, 0.717) is 18.4 Å². The van der Waals surface area contributed by atoms with Gasteiger partial charge in [0.2, 0.25) is 5.88 Å². The highest BCUT2D eigenvalue weighted by atomic mass is 16.5. The quantitative estimate of drug-likeness (QED) is 0.882. The molecule has 1 aliphatic heterocycles. The van der Waals surface area contributed by atoms with Crippen LogP contribution in [0.15, 0.2) is 12.1 Å². The highest BCUT2D eigenvalue weighted by Gasteiger charge is 2.29. The second-order valence-corrected chi connectivity index (χ2v) is 5.11. The van der Waals surface area contributed by atoms with Crippen LogP contribution in [0.5, 0.6) is 5.88 Å². The number of aromatic nitrogens is 1. The molecule has 1 unspecified atom stereocenters. The van der Waals surface area contributed by atoms with Gasteiger partial charge in [-0.2, -0.15) is 0 Å². The Morgan fingerprint density at radius 2 is 2.26 bits per heavy atom. The maximum atomic E-state index is 11.2. The summed E-state index contributed by atoms with van der Waals surface area (Å²) >= 11 is 0. The average Bonchev–Trinajstić information content (AvgIpc) is 3.12. The molecule has 5 heteroatoms. The molecule has 102 valence electrons. The third-order valence-electron chi connectivity index (χ3n) is 3.56. The summed E-state index contributed by atoms with van der Waals surface area (Å²) in [7, 11) is 0. The van der Waals surface area contributed by atoms with E-state index in [1.165, 1.54) is 0 Å². The molecule has 5 nitrogen and oxygen atoms in total. The van der Waals surface area contributed by atoms with Crippen LogP contribution in [0.3, 0.4) is 0 Å². The summed E-state index contributed by atoms with van der Waals surface area (Å²) < 4.78 is 11.0. The molecule has 19 heavy (non-hydrogen) atoms. The molecule has 1 saturated heterocycles. The summed E-state index contributed by atoms with van der Waals surface area (Å²) in [4.78, 5) is 15.3. The van der Waals surface area contributed by atoms with Crippen LogP contribution in [0.25, 0.3) is 0 Å². The van der Waals surface area contributed by atoms with Crippen molar-refractivity contribution in [2.24, 2.45) is 0 Å². The molecule has 0 spiro atoms. The average molecular weight is 263 g/mol. The number of carbonyl (C=O) groups is 1. The van der Waals surface area contributed by atoms with Gasteiger partial charge in [-0.1, -0.05) is 6.07 Å². The van der Waals surface area contributed by atoms with E-state index < -0.39 is 5.97 Å². The van der Waals surface area contributed by atoms with Crippen molar-refractivity contribution in [3.63, 3.8) is 0 Å². The lowest BCUT2D eigenvalue weighted by Crippen LogP contribution is -2.17. The van der Waals surface area contributed by atoms with Crippen LogP contribution in [0.2, 0.25) is 0 Å². The van der Waals surface area contributed by atoms with Gasteiger partial charge in [-0.15, -0.1) is 0 Å². The molecule has 1 aromatic rings. The molecule has 1 saturated carbocycles. The molecular weight excluding hydrogens is 246 g/mol. The Morgan fingerprint density at radius 1 is 1.42 bits per heavy atom. The summed E-state index contributed by atoms with van der Waals surface area (Å²) in [5.41, 5.74) is 0.962. The molecular formula is C14H17NO4. The van der Waals surface area contributed by atoms with Crippen LogP contribution < -0.4 is 4.74 Å². The molecule has 0 amide bonds. The van der Waals surface area contributed by atoms with Crippen LogP contribution in [0.4, 0.5) is 0 Å². The van der Waals surface area contributed by atoms with Crippen molar-refractivity contribution in [1.29, 1.82) is 0 Å². The SMILES string of the molecule is O=C(O)c1nc(OCC2CCCO2)ccc1C1CC1. The molecule has 1 aromatic heterocycles. The number of hydrogen-bond donors (Lipinski definition) is 1. The summed E-state index contributed by atoms with van der Waals surface area (Å²) in [6, 6.07) is 3.59. The number of aromatic carboxylic acids is 1. The second kappa shape index (κ2) is 5.17. The molecule has 0 aromatic carbocycles. The number of pyridine rings is 1. The van der Waals surface area contributed by atoms with E-state index in [2.05, 4.69) is 4.98 Å². The number of ether oxygens (including phenoxy) is 2. The summed E-state index contributed by atoms with van der Waals surface area (Å²) in [6.07, 6.45) is 4.27. The number of nitrogens with zero attached hydrogens (tertiary/aromatic N) is 1. The van der Waals surface area contributed by atoms with Gasteiger partial charge in [-0.05, 0) is 37.2 Å².